The molecular weight excluding hydrogens is 448 g/mol. The zero-order valence-electron chi connectivity index (χ0n) is 18.0. The van der Waals surface area contributed by atoms with Crippen LogP contribution < -0.4 is 16.2 Å². The predicted octanol–water partition coefficient (Wildman–Crippen LogP) is 5.05. The first kappa shape index (κ1) is 22.2. The maximum absolute atomic E-state index is 12.1. The topological polar surface area (TPSA) is 96.2 Å². The fourth-order valence-electron chi connectivity index (χ4n) is 3.46. The van der Waals surface area contributed by atoms with Crippen molar-refractivity contribution in [1.82, 2.24) is 14.9 Å². The van der Waals surface area contributed by atoms with Crippen molar-refractivity contribution >= 4 is 34.3 Å². The summed E-state index contributed by atoms with van der Waals surface area (Å²) in [6, 6.07) is 12.6. The summed E-state index contributed by atoms with van der Waals surface area (Å²) in [5.74, 6) is 8.17. The summed E-state index contributed by atoms with van der Waals surface area (Å²) >= 11 is 7.29. The van der Waals surface area contributed by atoms with Crippen molar-refractivity contribution in [2.75, 3.05) is 5.84 Å². The van der Waals surface area contributed by atoms with Gasteiger partial charge in [0.2, 0.25) is 5.16 Å². The third-order valence-electron chi connectivity index (χ3n) is 5.11. The van der Waals surface area contributed by atoms with E-state index in [1.165, 1.54) is 28.1 Å². The standard InChI is InChI=1S/C23H23ClN4O3S/c1-13(2)18-10-19-15(9-22(29)31-20(19)8-14(18)3)12-32-23-27-26-21(28(23)25)11-30-17-6-4-16(24)5-7-17/h4-10,13H,11-12,25H2,1-3H3. The van der Waals surface area contributed by atoms with Gasteiger partial charge in [-0.05, 0) is 65.9 Å². The van der Waals surface area contributed by atoms with Crippen molar-refractivity contribution in [2.24, 2.45) is 0 Å². The van der Waals surface area contributed by atoms with Crippen LogP contribution in [-0.4, -0.2) is 14.9 Å². The maximum atomic E-state index is 12.1. The van der Waals surface area contributed by atoms with Gasteiger partial charge in [0.25, 0.3) is 0 Å². The van der Waals surface area contributed by atoms with E-state index in [4.69, 9.17) is 26.6 Å². The van der Waals surface area contributed by atoms with E-state index in [0.29, 0.717) is 39.0 Å². The van der Waals surface area contributed by atoms with Crippen LogP contribution in [0.1, 0.15) is 42.3 Å². The summed E-state index contributed by atoms with van der Waals surface area (Å²) < 4.78 is 12.5. The molecule has 7 nitrogen and oxygen atoms in total. The number of aromatic nitrogens is 3. The minimum atomic E-state index is -0.379. The fraction of sp³-hybridized carbons (Fsp3) is 0.261. The minimum Gasteiger partial charge on any atom is -0.486 e. The lowest BCUT2D eigenvalue weighted by Crippen LogP contribution is -2.15. The second kappa shape index (κ2) is 9.26. The number of rotatable bonds is 7. The largest absolute Gasteiger partial charge is 0.486 e. The Morgan fingerprint density at radius 2 is 1.94 bits per heavy atom. The van der Waals surface area contributed by atoms with Crippen molar-refractivity contribution in [3.05, 3.63) is 80.4 Å². The van der Waals surface area contributed by atoms with Crippen LogP contribution in [0.5, 0.6) is 5.75 Å². The Morgan fingerprint density at radius 3 is 2.66 bits per heavy atom. The molecule has 0 radical (unpaired) electrons. The summed E-state index contributed by atoms with van der Waals surface area (Å²) in [6.45, 7) is 6.49. The molecule has 0 saturated heterocycles. The Bertz CT molecular complexity index is 1320. The van der Waals surface area contributed by atoms with Gasteiger partial charge in [0, 0.05) is 22.2 Å². The number of hydrogen-bond acceptors (Lipinski definition) is 7. The summed E-state index contributed by atoms with van der Waals surface area (Å²) in [5, 5.41) is 10.4. The van der Waals surface area contributed by atoms with Crippen LogP contribution >= 0.6 is 23.4 Å². The number of nitrogens with two attached hydrogens (primary N) is 1. The first-order chi connectivity index (χ1) is 15.3. The van der Waals surface area contributed by atoms with Crippen LogP contribution in [0.2, 0.25) is 5.02 Å². The molecule has 0 amide bonds. The van der Waals surface area contributed by atoms with Crippen molar-refractivity contribution < 1.29 is 9.15 Å². The van der Waals surface area contributed by atoms with Gasteiger partial charge in [-0.15, -0.1) is 10.2 Å². The highest BCUT2D eigenvalue weighted by atomic mass is 35.5. The number of nitrogen functional groups attached to an aromatic ring is 1. The molecule has 9 heteroatoms. The monoisotopic (exact) mass is 470 g/mol. The number of thioether (sulfide) groups is 1. The number of ether oxygens (including phenoxy) is 1. The molecule has 0 aliphatic heterocycles. The number of hydrogen-bond donors (Lipinski definition) is 1. The van der Waals surface area contributed by atoms with E-state index in [0.717, 1.165) is 16.5 Å². The van der Waals surface area contributed by atoms with Gasteiger partial charge in [0.05, 0.1) is 0 Å². The summed E-state index contributed by atoms with van der Waals surface area (Å²) in [7, 11) is 0. The van der Waals surface area contributed by atoms with E-state index in [-0.39, 0.29) is 12.2 Å². The van der Waals surface area contributed by atoms with Gasteiger partial charge in [-0.1, -0.05) is 37.2 Å². The van der Waals surface area contributed by atoms with Crippen LogP contribution in [-0.2, 0) is 12.4 Å². The van der Waals surface area contributed by atoms with Gasteiger partial charge in [-0.3, -0.25) is 0 Å². The SMILES string of the molecule is Cc1cc2oc(=O)cc(CSc3nnc(COc4ccc(Cl)cc4)n3N)c2cc1C(C)C. The van der Waals surface area contributed by atoms with Crippen LogP contribution in [0.25, 0.3) is 11.0 Å². The molecule has 0 unspecified atom stereocenters. The molecule has 4 aromatic rings. The first-order valence-corrected chi connectivity index (χ1v) is 11.5. The molecular formula is C23H23ClN4O3S. The van der Waals surface area contributed by atoms with E-state index >= 15 is 0 Å². The van der Waals surface area contributed by atoms with Crippen LogP contribution in [0.15, 0.2) is 56.8 Å². The summed E-state index contributed by atoms with van der Waals surface area (Å²) in [4.78, 5) is 12.1. The van der Waals surface area contributed by atoms with Gasteiger partial charge in [0.1, 0.15) is 17.9 Å². The van der Waals surface area contributed by atoms with Gasteiger partial charge in [0.15, 0.2) is 5.82 Å². The van der Waals surface area contributed by atoms with Crippen LogP contribution in [0, 0.1) is 6.92 Å². The Hall–Kier alpha value is -2.97. The number of fused-ring (bicyclic) bond motifs is 1. The third kappa shape index (κ3) is 4.76. The molecule has 0 spiro atoms. The van der Waals surface area contributed by atoms with Crippen molar-refractivity contribution in [3.63, 3.8) is 0 Å². The lowest BCUT2D eigenvalue weighted by Gasteiger charge is -2.13. The Labute approximate surface area is 194 Å². The molecule has 0 saturated carbocycles. The van der Waals surface area contributed by atoms with Crippen molar-refractivity contribution in [1.29, 1.82) is 0 Å². The smallest absolute Gasteiger partial charge is 0.336 e. The number of halogens is 1. The molecule has 0 aliphatic carbocycles. The zero-order chi connectivity index (χ0) is 22.8. The van der Waals surface area contributed by atoms with E-state index in [1.54, 1.807) is 24.3 Å². The molecule has 0 fully saturated rings. The quantitative estimate of drug-likeness (QED) is 0.229. The molecule has 2 aromatic heterocycles. The van der Waals surface area contributed by atoms with Crippen molar-refractivity contribution in [3.8, 4) is 5.75 Å². The molecule has 32 heavy (non-hydrogen) atoms. The van der Waals surface area contributed by atoms with Crippen LogP contribution in [0.3, 0.4) is 0 Å². The third-order valence-corrected chi connectivity index (χ3v) is 6.36. The molecule has 2 heterocycles. The zero-order valence-corrected chi connectivity index (χ0v) is 19.5. The highest BCUT2D eigenvalue weighted by Gasteiger charge is 2.15. The molecule has 4 rings (SSSR count). The molecule has 2 aromatic carbocycles. The molecule has 0 bridgehead atoms. The lowest BCUT2D eigenvalue weighted by atomic mass is 9.95. The molecule has 0 atom stereocenters. The van der Waals surface area contributed by atoms with Crippen molar-refractivity contribution in [2.45, 2.75) is 44.2 Å². The average Bonchev–Trinajstić information content (AvgIpc) is 3.10. The maximum Gasteiger partial charge on any atom is 0.336 e. The van der Waals surface area contributed by atoms with Gasteiger partial charge >= 0.3 is 5.63 Å². The van der Waals surface area contributed by atoms with Gasteiger partial charge in [-0.25, -0.2) is 9.47 Å². The highest BCUT2D eigenvalue weighted by molar-refractivity contribution is 7.98. The first-order valence-electron chi connectivity index (χ1n) is 10.1. The summed E-state index contributed by atoms with van der Waals surface area (Å²) in [5.41, 5.74) is 3.40. The van der Waals surface area contributed by atoms with E-state index < -0.39 is 0 Å². The lowest BCUT2D eigenvalue weighted by molar-refractivity contribution is 0.291. The van der Waals surface area contributed by atoms with Gasteiger partial charge < -0.3 is 15.0 Å². The fourth-order valence-corrected chi connectivity index (χ4v) is 4.45. The van der Waals surface area contributed by atoms with E-state index in [1.807, 2.05) is 13.0 Å². The van der Waals surface area contributed by atoms with Gasteiger partial charge in [-0.2, -0.15) is 0 Å². The minimum absolute atomic E-state index is 0.167. The number of aryl methyl sites for hydroxylation is 1. The Morgan fingerprint density at radius 1 is 1.19 bits per heavy atom. The molecule has 166 valence electrons. The normalized spacial score (nSPS) is 11.4. The Kier molecular flexibility index (Phi) is 6.43. The molecule has 2 N–H and O–H groups in total. The Balaban J connectivity index is 1.53. The highest BCUT2D eigenvalue weighted by Crippen LogP contribution is 2.30. The second-order valence-electron chi connectivity index (χ2n) is 7.75. The second-order valence-corrected chi connectivity index (χ2v) is 9.13. The van der Waals surface area contributed by atoms with E-state index in [9.17, 15) is 4.79 Å². The number of benzene rings is 2. The number of nitrogens with zero attached hydrogens (tertiary/aromatic N) is 3. The van der Waals surface area contributed by atoms with E-state index in [2.05, 4.69) is 30.1 Å². The average molecular weight is 471 g/mol. The predicted molar refractivity (Wildman–Crippen MR) is 127 cm³/mol. The summed E-state index contributed by atoms with van der Waals surface area (Å²) in [6.07, 6.45) is 0. The van der Waals surface area contributed by atoms with Crippen LogP contribution in [0.4, 0.5) is 0 Å². The molecule has 0 aliphatic rings.